The van der Waals surface area contributed by atoms with E-state index in [9.17, 15) is 0 Å². The maximum absolute atomic E-state index is 6.12. The van der Waals surface area contributed by atoms with Crippen LogP contribution in [0, 0.1) is 0 Å². The van der Waals surface area contributed by atoms with E-state index in [0.29, 0.717) is 5.75 Å². The Bertz CT molecular complexity index is 1310. The summed E-state index contributed by atoms with van der Waals surface area (Å²) in [7, 11) is 0. The highest BCUT2D eigenvalue weighted by molar-refractivity contribution is 5.66. The Morgan fingerprint density at radius 3 is 1.30 bits per heavy atom. The Labute approximate surface area is 193 Å². The van der Waals surface area contributed by atoms with E-state index >= 15 is 0 Å². The first-order valence-electron chi connectivity index (χ1n) is 10.8. The molecule has 0 aliphatic heterocycles. The fraction of sp³-hybridized carbons (Fsp3) is 0. The molecule has 0 aromatic heterocycles. The number of hydrogen-bond donors (Lipinski definition) is 0. The number of rotatable bonds is 7. The van der Waals surface area contributed by atoms with E-state index in [0.717, 1.165) is 39.9 Å². The molecule has 0 unspecified atom stereocenters. The van der Waals surface area contributed by atoms with Crippen molar-refractivity contribution >= 4 is 0 Å². The molecule has 0 amide bonds. The molecule has 0 saturated carbocycles. The van der Waals surface area contributed by atoms with Gasteiger partial charge in [0.05, 0.1) is 0 Å². The van der Waals surface area contributed by atoms with Gasteiger partial charge in [-0.05, 0) is 71.8 Å². The zero-order valence-electron chi connectivity index (χ0n) is 17.9. The molecule has 0 aliphatic carbocycles. The molecule has 0 aliphatic rings. The monoisotopic (exact) mass is 430 g/mol. The first kappa shape index (κ1) is 20.4. The third kappa shape index (κ3) is 5.41. The van der Waals surface area contributed by atoms with Gasteiger partial charge in [-0.2, -0.15) is 0 Å². The number of ether oxygens (including phenoxy) is 3. The molecule has 0 saturated heterocycles. The predicted octanol–water partition coefficient (Wildman–Crippen LogP) is 8.73. The Kier molecular flexibility index (Phi) is 6.03. The summed E-state index contributed by atoms with van der Waals surface area (Å²) in [6, 6.07) is 43.2. The normalized spacial score (nSPS) is 10.4. The molecule has 0 heterocycles. The minimum absolute atomic E-state index is 0.715. The van der Waals surface area contributed by atoms with Crippen LogP contribution in [0.15, 0.2) is 133 Å². The SMILES string of the molecule is c1ccc(Oc2ccc(-c3cccc(Oc4cccc(Oc5ccccc5)c4)c3)cc2)cc1. The Morgan fingerprint density at radius 1 is 0.273 bits per heavy atom. The molecule has 0 spiro atoms. The molecule has 160 valence electrons. The minimum Gasteiger partial charge on any atom is -0.457 e. The summed E-state index contributed by atoms with van der Waals surface area (Å²) >= 11 is 0. The molecule has 5 rings (SSSR count). The van der Waals surface area contributed by atoms with Gasteiger partial charge in [0.1, 0.15) is 34.5 Å². The van der Waals surface area contributed by atoms with Crippen molar-refractivity contribution < 1.29 is 14.2 Å². The summed E-state index contributed by atoms with van der Waals surface area (Å²) in [6.07, 6.45) is 0. The van der Waals surface area contributed by atoms with Gasteiger partial charge < -0.3 is 14.2 Å². The molecule has 0 atom stereocenters. The van der Waals surface area contributed by atoms with E-state index in [-0.39, 0.29) is 0 Å². The second-order valence-electron chi connectivity index (χ2n) is 7.46. The van der Waals surface area contributed by atoms with Gasteiger partial charge in [0.15, 0.2) is 0 Å². The van der Waals surface area contributed by atoms with Gasteiger partial charge in [0.2, 0.25) is 0 Å². The molecule has 0 radical (unpaired) electrons. The summed E-state index contributed by atoms with van der Waals surface area (Å²) < 4.78 is 17.9. The summed E-state index contributed by atoms with van der Waals surface area (Å²) in [5.41, 5.74) is 2.15. The van der Waals surface area contributed by atoms with Crippen molar-refractivity contribution in [2.75, 3.05) is 0 Å². The summed E-state index contributed by atoms with van der Waals surface area (Å²) in [6.45, 7) is 0. The molecule has 0 bridgehead atoms. The molecular weight excluding hydrogens is 408 g/mol. The fourth-order valence-electron chi connectivity index (χ4n) is 3.44. The average Bonchev–Trinajstić information content (AvgIpc) is 2.86. The van der Waals surface area contributed by atoms with E-state index in [1.165, 1.54) is 0 Å². The zero-order valence-corrected chi connectivity index (χ0v) is 17.9. The Hall–Kier alpha value is -4.50. The van der Waals surface area contributed by atoms with Crippen LogP contribution in [0.2, 0.25) is 0 Å². The van der Waals surface area contributed by atoms with Crippen LogP contribution in [0.5, 0.6) is 34.5 Å². The van der Waals surface area contributed by atoms with E-state index in [4.69, 9.17) is 14.2 Å². The minimum atomic E-state index is 0.715. The number of para-hydroxylation sites is 2. The lowest BCUT2D eigenvalue weighted by atomic mass is 10.1. The number of benzene rings is 5. The highest BCUT2D eigenvalue weighted by atomic mass is 16.5. The lowest BCUT2D eigenvalue weighted by Crippen LogP contribution is -1.88. The van der Waals surface area contributed by atoms with Gasteiger partial charge in [-0.3, -0.25) is 0 Å². The molecule has 0 N–H and O–H groups in total. The van der Waals surface area contributed by atoms with Gasteiger partial charge in [0, 0.05) is 6.07 Å². The lowest BCUT2D eigenvalue weighted by Gasteiger charge is -2.11. The van der Waals surface area contributed by atoms with Crippen LogP contribution >= 0.6 is 0 Å². The first-order chi connectivity index (χ1) is 16.3. The quantitative estimate of drug-likeness (QED) is 0.258. The van der Waals surface area contributed by atoms with Crippen molar-refractivity contribution in [1.29, 1.82) is 0 Å². The van der Waals surface area contributed by atoms with Crippen molar-refractivity contribution in [2.45, 2.75) is 0 Å². The highest BCUT2D eigenvalue weighted by Crippen LogP contribution is 2.31. The van der Waals surface area contributed by atoms with Gasteiger partial charge >= 0.3 is 0 Å². The lowest BCUT2D eigenvalue weighted by molar-refractivity contribution is 0.460. The van der Waals surface area contributed by atoms with Crippen LogP contribution in [-0.2, 0) is 0 Å². The van der Waals surface area contributed by atoms with Crippen molar-refractivity contribution in [3.8, 4) is 45.6 Å². The third-order valence-electron chi connectivity index (χ3n) is 5.02. The molecule has 5 aromatic rings. The molecule has 3 heteroatoms. The summed E-state index contributed by atoms with van der Waals surface area (Å²) in [5.74, 6) is 4.60. The maximum atomic E-state index is 6.12. The predicted molar refractivity (Wildman–Crippen MR) is 131 cm³/mol. The first-order valence-corrected chi connectivity index (χ1v) is 10.8. The molecule has 3 nitrogen and oxygen atoms in total. The van der Waals surface area contributed by atoms with Crippen LogP contribution in [0.25, 0.3) is 11.1 Å². The third-order valence-corrected chi connectivity index (χ3v) is 5.02. The maximum Gasteiger partial charge on any atom is 0.131 e. The van der Waals surface area contributed by atoms with Gasteiger partial charge in [-0.1, -0.05) is 66.7 Å². The van der Waals surface area contributed by atoms with E-state index in [2.05, 4.69) is 6.07 Å². The van der Waals surface area contributed by atoms with Gasteiger partial charge in [-0.15, -0.1) is 0 Å². The van der Waals surface area contributed by atoms with Crippen LogP contribution in [0.1, 0.15) is 0 Å². The highest BCUT2D eigenvalue weighted by Gasteiger charge is 2.05. The van der Waals surface area contributed by atoms with Crippen LogP contribution in [-0.4, -0.2) is 0 Å². The summed E-state index contributed by atoms with van der Waals surface area (Å²) in [4.78, 5) is 0. The smallest absolute Gasteiger partial charge is 0.131 e. The van der Waals surface area contributed by atoms with E-state index in [1.54, 1.807) is 0 Å². The average molecular weight is 431 g/mol. The second-order valence-corrected chi connectivity index (χ2v) is 7.46. The zero-order chi connectivity index (χ0) is 22.3. The second kappa shape index (κ2) is 9.75. The van der Waals surface area contributed by atoms with E-state index in [1.807, 2.05) is 127 Å². The molecule has 0 fully saturated rings. The standard InChI is InChI=1S/C30H22O3/c1-3-10-25(11-4-1)31-27-19-17-23(18-20-27)24-9-7-14-28(21-24)33-30-16-8-15-29(22-30)32-26-12-5-2-6-13-26/h1-22H. The largest absolute Gasteiger partial charge is 0.457 e. The molecular formula is C30H22O3. The Balaban J connectivity index is 1.29. The van der Waals surface area contributed by atoms with E-state index < -0.39 is 0 Å². The Morgan fingerprint density at radius 2 is 0.697 bits per heavy atom. The molecule has 5 aromatic carbocycles. The van der Waals surface area contributed by atoms with Gasteiger partial charge in [0.25, 0.3) is 0 Å². The van der Waals surface area contributed by atoms with Crippen LogP contribution < -0.4 is 14.2 Å². The van der Waals surface area contributed by atoms with Crippen LogP contribution in [0.3, 0.4) is 0 Å². The topological polar surface area (TPSA) is 27.7 Å². The summed E-state index contributed by atoms with van der Waals surface area (Å²) in [5, 5.41) is 0. The van der Waals surface area contributed by atoms with Crippen molar-refractivity contribution in [3.05, 3.63) is 133 Å². The van der Waals surface area contributed by atoms with Crippen LogP contribution in [0.4, 0.5) is 0 Å². The number of hydrogen-bond acceptors (Lipinski definition) is 3. The van der Waals surface area contributed by atoms with Crippen molar-refractivity contribution in [1.82, 2.24) is 0 Å². The van der Waals surface area contributed by atoms with Crippen molar-refractivity contribution in [2.24, 2.45) is 0 Å². The van der Waals surface area contributed by atoms with Gasteiger partial charge in [-0.25, -0.2) is 0 Å². The van der Waals surface area contributed by atoms with Crippen molar-refractivity contribution in [3.63, 3.8) is 0 Å². The molecule has 33 heavy (non-hydrogen) atoms. The fourth-order valence-corrected chi connectivity index (χ4v) is 3.44.